The van der Waals surface area contributed by atoms with Gasteiger partial charge >= 0.3 is 5.97 Å². The summed E-state index contributed by atoms with van der Waals surface area (Å²) in [6.45, 7) is 0. The van der Waals surface area contributed by atoms with Gasteiger partial charge in [0, 0.05) is 12.0 Å². The molecule has 0 spiro atoms. The van der Waals surface area contributed by atoms with Crippen LogP contribution in [0.25, 0.3) is 0 Å². The van der Waals surface area contributed by atoms with Gasteiger partial charge in [0.2, 0.25) is 0 Å². The molecule has 1 aliphatic rings. The number of carboxylic acids is 1. The van der Waals surface area contributed by atoms with Crippen molar-refractivity contribution in [2.45, 2.75) is 38.2 Å². The Morgan fingerprint density at radius 1 is 1.39 bits per heavy atom. The largest absolute Gasteiger partial charge is 0.490 e. The van der Waals surface area contributed by atoms with Crippen LogP contribution < -0.4 is 4.74 Å². The summed E-state index contributed by atoms with van der Waals surface area (Å²) in [5.74, 6) is -0.621. The Morgan fingerprint density at radius 3 is 2.89 bits per heavy atom. The highest BCUT2D eigenvalue weighted by Gasteiger charge is 2.28. The van der Waals surface area contributed by atoms with Gasteiger partial charge in [0.25, 0.3) is 0 Å². The van der Waals surface area contributed by atoms with Crippen LogP contribution in [0.5, 0.6) is 5.75 Å². The number of aliphatic carboxylic acids is 1. The summed E-state index contributed by atoms with van der Waals surface area (Å²) in [6, 6.07) is 6.00. The summed E-state index contributed by atoms with van der Waals surface area (Å²) in [4.78, 5) is 10.8. The summed E-state index contributed by atoms with van der Waals surface area (Å²) < 4.78 is 18.8. The highest BCUT2D eigenvalue weighted by atomic mass is 19.1. The summed E-state index contributed by atoms with van der Waals surface area (Å²) in [6.07, 6.45) is 3.80. The summed E-state index contributed by atoms with van der Waals surface area (Å²) >= 11 is 0. The molecule has 1 saturated carbocycles. The first-order chi connectivity index (χ1) is 8.65. The fourth-order valence-electron chi connectivity index (χ4n) is 2.50. The van der Waals surface area contributed by atoms with E-state index in [1.165, 1.54) is 12.1 Å². The van der Waals surface area contributed by atoms with Crippen molar-refractivity contribution in [1.29, 1.82) is 0 Å². The minimum Gasteiger partial charge on any atom is -0.490 e. The lowest BCUT2D eigenvalue weighted by Crippen LogP contribution is -2.32. The molecule has 2 unspecified atom stereocenters. The maximum Gasteiger partial charge on any atom is 0.303 e. The van der Waals surface area contributed by atoms with E-state index >= 15 is 0 Å². The molecule has 0 aromatic heterocycles. The lowest BCUT2D eigenvalue weighted by Gasteiger charge is -2.31. The molecule has 1 fully saturated rings. The van der Waals surface area contributed by atoms with Crippen LogP contribution in [-0.2, 0) is 4.79 Å². The quantitative estimate of drug-likeness (QED) is 0.894. The normalized spacial score (nSPS) is 23.6. The highest BCUT2D eigenvalue weighted by molar-refractivity contribution is 5.67. The van der Waals surface area contributed by atoms with Gasteiger partial charge in [-0.15, -0.1) is 0 Å². The standard InChI is InChI=1S/C14H17FO3/c15-11-5-3-6-12(9-11)18-13-7-2-1-4-10(13)8-14(16)17/h3,5-6,9-10,13H,1-2,4,7-8H2,(H,16,17). The van der Waals surface area contributed by atoms with E-state index in [2.05, 4.69) is 0 Å². The maximum atomic E-state index is 13.1. The smallest absolute Gasteiger partial charge is 0.303 e. The van der Waals surface area contributed by atoms with Crippen molar-refractivity contribution < 1.29 is 19.0 Å². The molecule has 1 aromatic rings. The van der Waals surface area contributed by atoms with Gasteiger partial charge < -0.3 is 9.84 Å². The predicted molar refractivity (Wildman–Crippen MR) is 65.0 cm³/mol. The fraction of sp³-hybridized carbons (Fsp3) is 0.500. The molecule has 0 bridgehead atoms. The van der Waals surface area contributed by atoms with E-state index in [-0.39, 0.29) is 24.3 Å². The van der Waals surface area contributed by atoms with Crippen molar-refractivity contribution in [1.82, 2.24) is 0 Å². The van der Waals surface area contributed by atoms with E-state index < -0.39 is 5.97 Å². The van der Waals surface area contributed by atoms with Crippen LogP contribution in [0.3, 0.4) is 0 Å². The molecule has 0 aliphatic heterocycles. The Morgan fingerprint density at radius 2 is 2.17 bits per heavy atom. The van der Waals surface area contributed by atoms with Gasteiger partial charge in [0.1, 0.15) is 17.7 Å². The number of halogens is 1. The van der Waals surface area contributed by atoms with Gasteiger partial charge in [-0.05, 0) is 31.4 Å². The first-order valence-electron chi connectivity index (χ1n) is 6.29. The molecular weight excluding hydrogens is 235 g/mol. The minimum atomic E-state index is -0.797. The predicted octanol–water partition coefficient (Wildman–Crippen LogP) is 3.24. The number of ether oxygens (including phenoxy) is 1. The summed E-state index contributed by atoms with van der Waals surface area (Å²) in [5, 5.41) is 8.88. The third-order valence-electron chi connectivity index (χ3n) is 3.36. The summed E-state index contributed by atoms with van der Waals surface area (Å²) in [5.41, 5.74) is 0. The molecule has 1 aromatic carbocycles. The van der Waals surface area contributed by atoms with Crippen molar-refractivity contribution in [2.24, 2.45) is 5.92 Å². The van der Waals surface area contributed by atoms with Crippen LogP contribution in [0.2, 0.25) is 0 Å². The van der Waals surface area contributed by atoms with Gasteiger partial charge in [-0.2, -0.15) is 0 Å². The minimum absolute atomic E-state index is 0.0273. The molecule has 3 nitrogen and oxygen atoms in total. The number of hydrogen-bond acceptors (Lipinski definition) is 2. The lowest BCUT2D eigenvalue weighted by molar-refractivity contribution is -0.139. The van der Waals surface area contributed by atoms with E-state index in [1.54, 1.807) is 12.1 Å². The van der Waals surface area contributed by atoms with Crippen LogP contribution in [0.15, 0.2) is 24.3 Å². The number of rotatable bonds is 4. The van der Waals surface area contributed by atoms with E-state index in [4.69, 9.17) is 9.84 Å². The SMILES string of the molecule is O=C(O)CC1CCCCC1Oc1cccc(F)c1. The fourth-order valence-corrected chi connectivity index (χ4v) is 2.50. The molecule has 0 amide bonds. The van der Waals surface area contributed by atoms with Gasteiger partial charge in [0.05, 0.1) is 6.42 Å². The molecule has 0 saturated heterocycles. The van der Waals surface area contributed by atoms with Crippen molar-refractivity contribution in [2.75, 3.05) is 0 Å². The topological polar surface area (TPSA) is 46.5 Å². The van der Waals surface area contributed by atoms with Gasteiger partial charge in [0.15, 0.2) is 0 Å². The second-order valence-electron chi connectivity index (χ2n) is 4.76. The average molecular weight is 252 g/mol. The Labute approximate surface area is 106 Å². The zero-order valence-electron chi connectivity index (χ0n) is 10.1. The number of benzene rings is 1. The first kappa shape index (κ1) is 12.9. The molecular formula is C14H17FO3. The van der Waals surface area contributed by atoms with Crippen LogP contribution in [0.1, 0.15) is 32.1 Å². The average Bonchev–Trinajstić information content (AvgIpc) is 2.31. The maximum absolute atomic E-state index is 13.1. The van der Waals surface area contributed by atoms with Crippen LogP contribution >= 0.6 is 0 Å². The molecule has 2 rings (SSSR count). The van der Waals surface area contributed by atoms with E-state index in [0.29, 0.717) is 5.75 Å². The van der Waals surface area contributed by atoms with Gasteiger partial charge in [-0.1, -0.05) is 12.5 Å². The van der Waals surface area contributed by atoms with Crippen LogP contribution in [0, 0.1) is 11.7 Å². The van der Waals surface area contributed by atoms with Crippen molar-refractivity contribution >= 4 is 5.97 Å². The van der Waals surface area contributed by atoms with Gasteiger partial charge in [-0.3, -0.25) is 4.79 Å². The number of hydrogen-bond donors (Lipinski definition) is 1. The zero-order chi connectivity index (χ0) is 13.0. The van der Waals surface area contributed by atoms with E-state index in [1.807, 2.05) is 0 Å². The third-order valence-corrected chi connectivity index (χ3v) is 3.36. The first-order valence-corrected chi connectivity index (χ1v) is 6.29. The van der Waals surface area contributed by atoms with E-state index in [9.17, 15) is 9.18 Å². The molecule has 1 aliphatic carbocycles. The second-order valence-corrected chi connectivity index (χ2v) is 4.76. The number of carboxylic acid groups (broad SMARTS) is 1. The van der Waals surface area contributed by atoms with Crippen molar-refractivity contribution in [3.8, 4) is 5.75 Å². The molecule has 4 heteroatoms. The Bertz CT molecular complexity index is 419. The highest BCUT2D eigenvalue weighted by Crippen LogP contribution is 2.30. The second kappa shape index (κ2) is 5.85. The number of carbonyl (C=O) groups is 1. The summed E-state index contributed by atoms with van der Waals surface area (Å²) in [7, 11) is 0. The Hall–Kier alpha value is -1.58. The molecule has 1 N–H and O–H groups in total. The van der Waals surface area contributed by atoms with Crippen LogP contribution in [-0.4, -0.2) is 17.2 Å². The van der Waals surface area contributed by atoms with Gasteiger partial charge in [-0.25, -0.2) is 4.39 Å². The molecule has 2 atom stereocenters. The molecule has 0 heterocycles. The van der Waals surface area contributed by atoms with Crippen LogP contribution in [0.4, 0.5) is 4.39 Å². The zero-order valence-corrected chi connectivity index (χ0v) is 10.1. The Balaban J connectivity index is 2.03. The van der Waals surface area contributed by atoms with Crippen molar-refractivity contribution in [3.05, 3.63) is 30.1 Å². The molecule has 98 valence electrons. The van der Waals surface area contributed by atoms with E-state index in [0.717, 1.165) is 25.7 Å². The molecule has 18 heavy (non-hydrogen) atoms. The molecule has 0 radical (unpaired) electrons. The third kappa shape index (κ3) is 3.45. The Kier molecular flexibility index (Phi) is 4.18. The van der Waals surface area contributed by atoms with Crippen molar-refractivity contribution in [3.63, 3.8) is 0 Å². The monoisotopic (exact) mass is 252 g/mol. The lowest BCUT2D eigenvalue weighted by atomic mass is 9.84.